The van der Waals surface area contributed by atoms with Gasteiger partial charge in [0.1, 0.15) is 24.7 Å². The van der Waals surface area contributed by atoms with Crippen LogP contribution in [-0.2, 0) is 29.4 Å². The molecule has 0 saturated heterocycles. The molecule has 1 aromatic rings. The lowest BCUT2D eigenvalue weighted by molar-refractivity contribution is -0.322. The Morgan fingerprint density at radius 1 is 1.29 bits per heavy atom. The van der Waals surface area contributed by atoms with E-state index in [1.807, 2.05) is 0 Å². The molecule has 1 aromatic carbocycles. The number of rotatable bonds is 8. The zero-order chi connectivity index (χ0) is 17.5. The molecule has 0 saturated carbocycles. The smallest absolute Gasteiger partial charge is 0.132 e. The van der Waals surface area contributed by atoms with Crippen LogP contribution in [0, 0.1) is 6.92 Å². The van der Waals surface area contributed by atoms with Crippen LogP contribution in [-0.4, -0.2) is 24.8 Å². The number of methoxy groups -OCH3 is 1. The molecule has 0 N–H and O–H groups in total. The van der Waals surface area contributed by atoms with Crippen molar-refractivity contribution in [3.05, 3.63) is 33.9 Å². The summed E-state index contributed by atoms with van der Waals surface area (Å²) in [5, 5.41) is 0.859. The fourth-order valence-corrected chi connectivity index (χ4v) is 3.62. The average molecular weight is 529 g/mol. The summed E-state index contributed by atoms with van der Waals surface area (Å²) in [6.07, 6.45) is 2.97. The van der Waals surface area contributed by atoms with E-state index in [4.69, 9.17) is 19.2 Å². The minimum absolute atomic E-state index is 0.404. The quantitative estimate of drug-likeness (QED) is 0.150. The first-order chi connectivity index (χ1) is 11.6. The molecule has 1 aliphatic rings. The molecular formula is C17H22BrIO4S. The van der Waals surface area contributed by atoms with E-state index in [2.05, 4.69) is 57.1 Å². The summed E-state index contributed by atoms with van der Waals surface area (Å²) in [4.78, 5) is 10.4. The van der Waals surface area contributed by atoms with Crippen molar-refractivity contribution in [2.45, 2.75) is 33.5 Å². The van der Waals surface area contributed by atoms with Gasteiger partial charge in [-0.15, -0.1) is 0 Å². The van der Waals surface area contributed by atoms with Crippen LogP contribution in [0.1, 0.15) is 29.2 Å². The zero-order valence-electron chi connectivity index (χ0n) is 14.1. The number of hydrogen-bond donors (Lipinski definition) is 0. The number of benzene rings is 1. The third kappa shape index (κ3) is 4.81. The largest absolute Gasteiger partial charge is 0.496 e. The number of ether oxygens (including phenoxy) is 2. The molecule has 0 spiro atoms. The Hall–Kier alpha value is 0.0400. The standard InChI is InChI=1S/C17H22BrIO4S/c1-11(8-18)4-5-13-16(20-3)12(2)14-9-22-23-10-15(14)17(13)21-6-7-24-19/h4H,5-10H2,1-3H3/b11-4+. The third-order valence-corrected chi connectivity index (χ3v) is 6.47. The molecule has 0 amide bonds. The Kier molecular flexibility index (Phi) is 8.69. The number of halogens is 2. The van der Waals surface area contributed by atoms with E-state index < -0.39 is 0 Å². The lowest BCUT2D eigenvalue weighted by Crippen LogP contribution is -2.16. The molecule has 24 heavy (non-hydrogen) atoms. The van der Waals surface area contributed by atoms with Crippen molar-refractivity contribution in [3.63, 3.8) is 0 Å². The molecule has 0 aliphatic carbocycles. The van der Waals surface area contributed by atoms with E-state index in [1.54, 1.807) is 16.0 Å². The lowest BCUT2D eigenvalue weighted by atomic mass is 9.93. The van der Waals surface area contributed by atoms with E-state index in [0.29, 0.717) is 19.8 Å². The van der Waals surface area contributed by atoms with Gasteiger partial charge in [-0.2, -0.15) is 0 Å². The Morgan fingerprint density at radius 2 is 2.00 bits per heavy atom. The maximum absolute atomic E-state index is 6.16. The molecule has 2 rings (SSSR count). The predicted molar refractivity (Wildman–Crippen MR) is 111 cm³/mol. The van der Waals surface area contributed by atoms with E-state index in [1.165, 1.54) is 5.57 Å². The summed E-state index contributed by atoms with van der Waals surface area (Å²) in [5.74, 6) is 2.70. The van der Waals surface area contributed by atoms with Crippen LogP contribution in [0.15, 0.2) is 11.6 Å². The Bertz CT molecular complexity index is 607. The van der Waals surface area contributed by atoms with Crippen LogP contribution in [0.25, 0.3) is 0 Å². The van der Waals surface area contributed by atoms with Gasteiger partial charge >= 0.3 is 0 Å². The molecule has 0 unspecified atom stereocenters. The first-order valence-electron chi connectivity index (χ1n) is 7.67. The number of allylic oxidation sites excluding steroid dienone is 2. The second-order valence-electron chi connectivity index (χ2n) is 5.50. The fourth-order valence-electron chi connectivity index (χ4n) is 2.70. The van der Waals surface area contributed by atoms with Crippen molar-refractivity contribution in [2.75, 3.05) is 24.8 Å². The van der Waals surface area contributed by atoms with E-state index in [0.717, 1.165) is 51.3 Å². The summed E-state index contributed by atoms with van der Waals surface area (Å²) >= 11 is 5.78. The zero-order valence-corrected chi connectivity index (χ0v) is 18.7. The molecule has 0 fully saturated rings. The van der Waals surface area contributed by atoms with Gasteiger partial charge in [-0.25, -0.2) is 9.78 Å². The van der Waals surface area contributed by atoms with Crippen LogP contribution in [0.4, 0.5) is 0 Å². The highest BCUT2D eigenvalue weighted by molar-refractivity contribution is 14.2. The second kappa shape index (κ2) is 10.3. The van der Waals surface area contributed by atoms with Crippen molar-refractivity contribution in [3.8, 4) is 11.5 Å². The summed E-state index contributed by atoms with van der Waals surface area (Å²) < 4.78 is 11.9. The van der Waals surface area contributed by atoms with Gasteiger partial charge in [0.05, 0.1) is 13.7 Å². The minimum Gasteiger partial charge on any atom is -0.496 e. The average Bonchev–Trinajstić information content (AvgIpc) is 2.61. The molecular weight excluding hydrogens is 507 g/mol. The summed E-state index contributed by atoms with van der Waals surface area (Å²) in [6, 6.07) is 0. The van der Waals surface area contributed by atoms with Crippen molar-refractivity contribution in [1.29, 1.82) is 0 Å². The van der Waals surface area contributed by atoms with E-state index in [-0.39, 0.29) is 0 Å². The minimum atomic E-state index is 0.404. The molecule has 1 aliphatic heterocycles. The van der Waals surface area contributed by atoms with Crippen LogP contribution in [0.2, 0.25) is 0 Å². The van der Waals surface area contributed by atoms with Crippen LogP contribution in [0.3, 0.4) is 0 Å². The molecule has 0 atom stereocenters. The second-order valence-corrected chi connectivity index (χ2v) is 8.55. The molecule has 0 bridgehead atoms. The molecule has 4 nitrogen and oxygen atoms in total. The highest BCUT2D eigenvalue weighted by Gasteiger charge is 2.26. The van der Waals surface area contributed by atoms with Crippen molar-refractivity contribution < 1.29 is 19.2 Å². The Labute approximate surface area is 168 Å². The fraction of sp³-hybridized carbons (Fsp3) is 0.529. The van der Waals surface area contributed by atoms with Crippen molar-refractivity contribution >= 4 is 46.1 Å². The van der Waals surface area contributed by atoms with Gasteiger partial charge in [-0.1, -0.05) is 36.5 Å². The van der Waals surface area contributed by atoms with Crippen LogP contribution in [0.5, 0.6) is 11.5 Å². The van der Waals surface area contributed by atoms with Crippen LogP contribution >= 0.6 is 46.1 Å². The lowest BCUT2D eigenvalue weighted by Gasteiger charge is -2.26. The van der Waals surface area contributed by atoms with Crippen LogP contribution < -0.4 is 9.47 Å². The highest BCUT2D eigenvalue weighted by Crippen LogP contribution is 2.42. The predicted octanol–water partition coefficient (Wildman–Crippen LogP) is 5.31. The van der Waals surface area contributed by atoms with Gasteiger partial charge in [0.2, 0.25) is 0 Å². The molecule has 134 valence electrons. The van der Waals surface area contributed by atoms with Gasteiger partial charge < -0.3 is 9.47 Å². The summed E-state index contributed by atoms with van der Waals surface area (Å²) in [5.41, 5.74) is 5.66. The van der Waals surface area contributed by atoms with Crippen molar-refractivity contribution in [2.24, 2.45) is 0 Å². The maximum atomic E-state index is 6.16. The van der Waals surface area contributed by atoms with Gasteiger partial charge in [0.25, 0.3) is 0 Å². The number of fused-ring (bicyclic) bond motifs is 1. The van der Waals surface area contributed by atoms with Gasteiger partial charge in [0.15, 0.2) is 0 Å². The SMILES string of the molecule is COc1c(C)c2c(c(OCCSI)c1C/C=C(\C)CBr)COOC2. The first kappa shape index (κ1) is 20.4. The number of hydrogen-bond acceptors (Lipinski definition) is 5. The van der Waals surface area contributed by atoms with E-state index >= 15 is 0 Å². The molecule has 0 aromatic heterocycles. The number of alkyl halides is 1. The third-order valence-electron chi connectivity index (χ3n) is 3.95. The van der Waals surface area contributed by atoms with Gasteiger partial charge in [0, 0.05) is 22.2 Å². The van der Waals surface area contributed by atoms with Gasteiger partial charge in [-0.3, -0.25) is 0 Å². The maximum Gasteiger partial charge on any atom is 0.132 e. The molecule has 0 radical (unpaired) electrons. The topological polar surface area (TPSA) is 36.9 Å². The first-order valence-corrected chi connectivity index (χ1v) is 12.3. The summed E-state index contributed by atoms with van der Waals surface area (Å²) in [6.45, 7) is 5.66. The van der Waals surface area contributed by atoms with E-state index in [9.17, 15) is 0 Å². The highest BCUT2D eigenvalue weighted by atomic mass is 127. The monoisotopic (exact) mass is 528 g/mol. The molecule has 7 heteroatoms. The normalized spacial score (nSPS) is 14.5. The van der Waals surface area contributed by atoms with Crippen molar-refractivity contribution in [1.82, 2.24) is 0 Å². The Balaban J connectivity index is 2.52. The van der Waals surface area contributed by atoms with Gasteiger partial charge in [-0.05, 0) is 52.6 Å². The molecule has 1 heterocycles. The Morgan fingerprint density at radius 3 is 2.62 bits per heavy atom. The summed E-state index contributed by atoms with van der Waals surface area (Å²) in [7, 11) is 3.45.